The van der Waals surface area contributed by atoms with Crippen LogP contribution in [0.15, 0.2) is 12.1 Å². The molecule has 0 aromatic heterocycles. The number of alkyl halides is 2. The predicted molar refractivity (Wildman–Crippen MR) is 58.4 cm³/mol. The molecule has 88 valence electrons. The molecule has 0 bridgehead atoms. The number of rotatable bonds is 3. The Bertz CT molecular complexity index is 384. The zero-order valence-corrected chi connectivity index (χ0v) is 9.36. The summed E-state index contributed by atoms with van der Waals surface area (Å²) < 4.78 is 29.0. The zero-order chi connectivity index (χ0) is 11.5. The summed E-state index contributed by atoms with van der Waals surface area (Å²) in [6, 6.07) is 3.52. The van der Waals surface area contributed by atoms with Gasteiger partial charge in [0.05, 0.1) is 5.02 Å². The molecular weight excluding hydrogens is 236 g/mol. The summed E-state index contributed by atoms with van der Waals surface area (Å²) >= 11 is 6.11. The van der Waals surface area contributed by atoms with Crippen LogP contribution in [-0.2, 0) is 13.0 Å². The van der Waals surface area contributed by atoms with Crippen LogP contribution in [0.2, 0.25) is 5.02 Å². The van der Waals surface area contributed by atoms with Gasteiger partial charge in [0.25, 0.3) is 6.43 Å². The standard InChI is InChI=1S/C11H12ClF2NO/c12-11-8-3-4-15-5-7(8)1-2-9(11)16-6-10(13)14/h1-2,10,15H,3-6H2. The van der Waals surface area contributed by atoms with Gasteiger partial charge in [-0.25, -0.2) is 8.78 Å². The molecule has 0 saturated carbocycles. The highest BCUT2D eigenvalue weighted by Gasteiger charge is 2.16. The Morgan fingerprint density at radius 3 is 3.00 bits per heavy atom. The Morgan fingerprint density at radius 1 is 1.44 bits per heavy atom. The van der Waals surface area contributed by atoms with Gasteiger partial charge in [0.2, 0.25) is 0 Å². The molecule has 1 aliphatic rings. The molecule has 0 radical (unpaired) electrons. The summed E-state index contributed by atoms with van der Waals surface area (Å²) in [5.41, 5.74) is 2.12. The lowest BCUT2D eigenvalue weighted by atomic mass is 10.0. The average Bonchev–Trinajstić information content (AvgIpc) is 2.28. The normalized spacial score (nSPS) is 15.0. The number of ether oxygens (including phenoxy) is 1. The molecule has 1 aliphatic heterocycles. The van der Waals surface area contributed by atoms with Crippen molar-refractivity contribution < 1.29 is 13.5 Å². The fourth-order valence-electron chi connectivity index (χ4n) is 1.78. The molecule has 1 aromatic rings. The molecule has 0 aliphatic carbocycles. The van der Waals surface area contributed by atoms with E-state index in [1.54, 1.807) is 6.07 Å². The van der Waals surface area contributed by atoms with E-state index in [4.69, 9.17) is 16.3 Å². The van der Waals surface area contributed by atoms with E-state index in [1.807, 2.05) is 6.07 Å². The molecule has 5 heteroatoms. The first-order valence-corrected chi connectivity index (χ1v) is 5.48. The molecule has 2 nitrogen and oxygen atoms in total. The molecule has 16 heavy (non-hydrogen) atoms. The third-order valence-corrected chi connectivity index (χ3v) is 2.95. The molecule has 0 spiro atoms. The van der Waals surface area contributed by atoms with E-state index in [0.717, 1.165) is 30.6 Å². The van der Waals surface area contributed by atoms with E-state index in [9.17, 15) is 8.78 Å². The van der Waals surface area contributed by atoms with Crippen molar-refractivity contribution in [1.29, 1.82) is 0 Å². The predicted octanol–water partition coefficient (Wildman–Crippen LogP) is 2.63. The van der Waals surface area contributed by atoms with Gasteiger partial charge in [0.1, 0.15) is 12.4 Å². The maximum absolute atomic E-state index is 12.0. The second-order valence-electron chi connectivity index (χ2n) is 3.64. The minimum atomic E-state index is -2.48. The molecule has 1 heterocycles. The SMILES string of the molecule is FC(F)COc1ccc2c(c1Cl)CCNC2. The highest BCUT2D eigenvalue weighted by Crippen LogP contribution is 2.32. The Kier molecular flexibility index (Phi) is 3.61. The Labute approximate surface area is 97.5 Å². The van der Waals surface area contributed by atoms with Crippen LogP contribution in [0.4, 0.5) is 8.78 Å². The van der Waals surface area contributed by atoms with Crippen molar-refractivity contribution in [3.63, 3.8) is 0 Å². The van der Waals surface area contributed by atoms with Crippen molar-refractivity contribution in [2.75, 3.05) is 13.2 Å². The summed E-state index contributed by atoms with van der Waals surface area (Å²) in [7, 11) is 0. The maximum atomic E-state index is 12.0. The van der Waals surface area contributed by atoms with E-state index in [2.05, 4.69) is 5.32 Å². The van der Waals surface area contributed by atoms with Crippen molar-refractivity contribution in [2.45, 2.75) is 19.4 Å². The number of fused-ring (bicyclic) bond motifs is 1. The Hall–Kier alpha value is -0.870. The molecule has 0 saturated heterocycles. The van der Waals surface area contributed by atoms with Crippen molar-refractivity contribution in [3.05, 3.63) is 28.3 Å². The minimum absolute atomic E-state index is 0.350. The van der Waals surface area contributed by atoms with Gasteiger partial charge in [-0.1, -0.05) is 17.7 Å². The monoisotopic (exact) mass is 247 g/mol. The third-order valence-electron chi connectivity index (χ3n) is 2.54. The highest BCUT2D eigenvalue weighted by atomic mass is 35.5. The third kappa shape index (κ3) is 2.44. The van der Waals surface area contributed by atoms with Gasteiger partial charge in [-0.15, -0.1) is 0 Å². The first-order valence-electron chi connectivity index (χ1n) is 5.10. The topological polar surface area (TPSA) is 21.3 Å². The van der Waals surface area contributed by atoms with Crippen LogP contribution >= 0.6 is 11.6 Å². The van der Waals surface area contributed by atoms with Gasteiger partial charge in [-0.3, -0.25) is 0 Å². The van der Waals surface area contributed by atoms with E-state index in [-0.39, 0.29) is 0 Å². The van der Waals surface area contributed by atoms with Crippen molar-refractivity contribution in [3.8, 4) is 5.75 Å². The number of hydrogen-bond acceptors (Lipinski definition) is 2. The molecule has 1 N–H and O–H groups in total. The summed E-state index contributed by atoms with van der Waals surface area (Å²) in [5, 5.41) is 3.69. The van der Waals surface area contributed by atoms with Crippen LogP contribution in [0, 0.1) is 0 Å². The second kappa shape index (κ2) is 4.97. The van der Waals surface area contributed by atoms with Crippen molar-refractivity contribution >= 4 is 11.6 Å². The van der Waals surface area contributed by atoms with Crippen molar-refractivity contribution in [2.24, 2.45) is 0 Å². The van der Waals surface area contributed by atoms with Gasteiger partial charge in [-0.2, -0.15) is 0 Å². The molecular formula is C11H12ClF2NO. The van der Waals surface area contributed by atoms with Gasteiger partial charge in [0.15, 0.2) is 0 Å². The summed E-state index contributed by atoms with van der Waals surface area (Å²) in [6.07, 6.45) is -1.67. The van der Waals surface area contributed by atoms with Crippen LogP contribution < -0.4 is 10.1 Å². The van der Waals surface area contributed by atoms with Gasteiger partial charge < -0.3 is 10.1 Å². The Balaban J connectivity index is 2.20. The lowest BCUT2D eigenvalue weighted by molar-refractivity contribution is 0.0819. The van der Waals surface area contributed by atoms with E-state index < -0.39 is 13.0 Å². The zero-order valence-electron chi connectivity index (χ0n) is 8.60. The molecule has 2 rings (SSSR count). The van der Waals surface area contributed by atoms with Crippen molar-refractivity contribution in [1.82, 2.24) is 5.32 Å². The van der Waals surface area contributed by atoms with Crippen LogP contribution in [0.3, 0.4) is 0 Å². The highest BCUT2D eigenvalue weighted by molar-refractivity contribution is 6.33. The number of nitrogens with one attached hydrogen (secondary N) is 1. The molecule has 1 aromatic carbocycles. The van der Waals surface area contributed by atoms with Crippen LogP contribution in [-0.4, -0.2) is 19.6 Å². The van der Waals surface area contributed by atoms with Crippen LogP contribution in [0.5, 0.6) is 5.75 Å². The van der Waals surface area contributed by atoms with E-state index in [1.165, 1.54) is 0 Å². The second-order valence-corrected chi connectivity index (χ2v) is 4.02. The fraction of sp³-hybridized carbons (Fsp3) is 0.455. The maximum Gasteiger partial charge on any atom is 0.272 e. The van der Waals surface area contributed by atoms with Crippen LogP contribution in [0.25, 0.3) is 0 Å². The van der Waals surface area contributed by atoms with Gasteiger partial charge >= 0.3 is 0 Å². The number of hydrogen-bond donors (Lipinski definition) is 1. The molecule has 0 fully saturated rings. The fourth-order valence-corrected chi connectivity index (χ4v) is 2.11. The summed E-state index contributed by atoms with van der Waals surface area (Å²) in [6.45, 7) is 1.01. The Morgan fingerprint density at radius 2 is 2.25 bits per heavy atom. The summed E-state index contributed by atoms with van der Waals surface area (Å²) in [5.74, 6) is 0.350. The van der Waals surface area contributed by atoms with E-state index in [0.29, 0.717) is 10.8 Å². The summed E-state index contributed by atoms with van der Waals surface area (Å²) in [4.78, 5) is 0. The molecule has 0 amide bonds. The number of benzene rings is 1. The van der Waals surface area contributed by atoms with Gasteiger partial charge in [-0.05, 0) is 30.2 Å². The van der Waals surface area contributed by atoms with Crippen LogP contribution in [0.1, 0.15) is 11.1 Å². The minimum Gasteiger partial charge on any atom is -0.486 e. The molecule has 0 unspecified atom stereocenters. The lowest BCUT2D eigenvalue weighted by Gasteiger charge is -2.20. The first kappa shape index (κ1) is 11.6. The average molecular weight is 248 g/mol. The smallest absolute Gasteiger partial charge is 0.272 e. The first-order chi connectivity index (χ1) is 7.68. The lowest BCUT2D eigenvalue weighted by Crippen LogP contribution is -2.24. The quantitative estimate of drug-likeness (QED) is 0.887. The largest absolute Gasteiger partial charge is 0.486 e. The molecule has 0 atom stereocenters. The van der Waals surface area contributed by atoms with E-state index >= 15 is 0 Å². The van der Waals surface area contributed by atoms with Gasteiger partial charge in [0, 0.05) is 6.54 Å². The number of halogens is 3.